The highest BCUT2D eigenvalue weighted by molar-refractivity contribution is 7.95. The Morgan fingerprint density at radius 2 is 1.81 bits per heavy atom. The zero-order valence-corrected chi connectivity index (χ0v) is 19.5. The first kappa shape index (κ1) is 22.2. The van der Waals surface area contributed by atoms with E-state index in [9.17, 15) is 8.76 Å². The highest BCUT2D eigenvalue weighted by Gasteiger charge is 2.38. The van der Waals surface area contributed by atoms with E-state index in [4.69, 9.17) is 16.1 Å². The average molecular weight is 460 g/mol. The molecule has 6 nitrogen and oxygen atoms in total. The molecule has 1 unspecified atom stereocenters. The highest BCUT2D eigenvalue weighted by Crippen LogP contribution is 2.31. The summed E-state index contributed by atoms with van der Waals surface area (Å²) < 4.78 is 32.7. The molecule has 1 aliphatic heterocycles. The van der Waals surface area contributed by atoms with Gasteiger partial charge in [-0.2, -0.15) is 0 Å². The van der Waals surface area contributed by atoms with Crippen LogP contribution in [0.5, 0.6) is 0 Å². The quantitative estimate of drug-likeness (QED) is 0.519. The lowest BCUT2D eigenvalue weighted by Crippen LogP contribution is -2.50. The van der Waals surface area contributed by atoms with Crippen LogP contribution in [-0.4, -0.2) is 45.1 Å². The molecule has 0 saturated carbocycles. The molecule has 2 heterocycles. The maximum absolute atomic E-state index is 13.0. The van der Waals surface area contributed by atoms with Gasteiger partial charge in [0.2, 0.25) is 4.90 Å². The van der Waals surface area contributed by atoms with Crippen molar-refractivity contribution < 1.29 is 13.3 Å². The lowest BCUT2D eigenvalue weighted by Gasteiger charge is -2.35. The molecule has 2 aromatic carbocycles. The minimum Gasteiger partial charge on any atom is -0.593 e. The molecule has 31 heavy (non-hydrogen) atoms. The van der Waals surface area contributed by atoms with Crippen LogP contribution in [0.1, 0.15) is 22.6 Å². The van der Waals surface area contributed by atoms with Crippen LogP contribution in [0.15, 0.2) is 51.9 Å². The van der Waals surface area contributed by atoms with Crippen molar-refractivity contribution in [3.63, 3.8) is 0 Å². The summed E-state index contributed by atoms with van der Waals surface area (Å²) in [5.74, 6) is 0.339. The number of sulfonamides is 1. The van der Waals surface area contributed by atoms with Crippen molar-refractivity contribution in [3.05, 3.63) is 70.1 Å². The minimum absolute atomic E-state index is 0.197. The van der Waals surface area contributed by atoms with Gasteiger partial charge >= 0.3 is 0 Å². The molecule has 0 N–H and O–H groups in total. The monoisotopic (exact) mass is 459 g/mol. The molecule has 1 saturated heterocycles. The van der Waals surface area contributed by atoms with Gasteiger partial charge in [-0.25, -0.2) is 0 Å². The smallest absolute Gasteiger partial charge is 0.240 e. The number of benzene rings is 2. The second-order valence-corrected chi connectivity index (χ2v) is 10.2. The summed E-state index contributed by atoms with van der Waals surface area (Å²) in [4.78, 5) is 2.48. The number of halogens is 1. The second-order valence-electron chi connectivity index (χ2n) is 7.95. The zero-order valence-electron chi connectivity index (χ0n) is 17.9. The molecule has 1 atom stereocenters. The highest BCUT2D eigenvalue weighted by atomic mass is 35.5. The van der Waals surface area contributed by atoms with Crippen molar-refractivity contribution in [2.24, 2.45) is 0 Å². The summed E-state index contributed by atoms with van der Waals surface area (Å²) in [6, 6.07) is 14.4. The largest absolute Gasteiger partial charge is 0.593 e. The van der Waals surface area contributed by atoms with E-state index in [1.165, 1.54) is 9.87 Å². The molecule has 164 valence electrons. The van der Waals surface area contributed by atoms with Gasteiger partial charge in [-0.1, -0.05) is 57.4 Å². The number of hydrogen-bond acceptors (Lipinski definition) is 5. The van der Waals surface area contributed by atoms with Crippen LogP contribution in [0.3, 0.4) is 0 Å². The van der Waals surface area contributed by atoms with Gasteiger partial charge in [-0.3, -0.25) is 4.90 Å². The minimum atomic E-state index is -3.60. The third-order valence-electron chi connectivity index (χ3n) is 5.79. The van der Waals surface area contributed by atoms with Crippen molar-refractivity contribution in [3.8, 4) is 11.1 Å². The molecule has 0 radical (unpaired) electrons. The maximum Gasteiger partial charge on any atom is 0.240 e. The lowest BCUT2D eigenvalue weighted by atomic mass is 9.98. The van der Waals surface area contributed by atoms with Gasteiger partial charge in [-0.05, 0) is 42.2 Å². The van der Waals surface area contributed by atoms with E-state index in [1.807, 2.05) is 31.2 Å². The Bertz CT molecular complexity index is 1120. The third-order valence-corrected chi connectivity index (χ3v) is 8.34. The number of aromatic nitrogens is 1. The Morgan fingerprint density at radius 3 is 2.45 bits per heavy atom. The molecular formula is C23H26ClN3O3S. The van der Waals surface area contributed by atoms with Gasteiger partial charge in [-0.15, -0.1) is 4.31 Å². The van der Waals surface area contributed by atoms with Crippen LogP contribution in [0.25, 0.3) is 11.1 Å². The van der Waals surface area contributed by atoms with Crippen LogP contribution in [-0.2, 0) is 21.2 Å². The van der Waals surface area contributed by atoms with Crippen molar-refractivity contribution in [1.82, 2.24) is 14.4 Å². The molecule has 1 aromatic heterocycles. The van der Waals surface area contributed by atoms with Gasteiger partial charge in [0.25, 0.3) is 0 Å². The number of nitrogens with zero attached hydrogens (tertiary/aromatic N) is 3. The fraction of sp³-hybridized carbons (Fsp3) is 0.348. The van der Waals surface area contributed by atoms with E-state index >= 15 is 0 Å². The van der Waals surface area contributed by atoms with E-state index in [0.29, 0.717) is 37.6 Å². The van der Waals surface area contributed by atoms with Crippen LogP contribution in [0.4, 0.5) is 0 Å². The molecule has 3 aromatic rings. The SMILES string of the molecule is Cc1ccc(-c2ccccc2CN2CCN([S+](=O)([O-])c3c(C)noc3C)CC2)cc1Cl. The van der Waals surface area contributed by atoms with E-state index in [2.05, 4.69) is 28.3 Å². The summed E-state index contributed by atoms with van der Waals surface area (Å²) >= 11 is 6.35. The van der Waals surface area contributed by atoms with Gasteiger partial charge in [0.1, 0.15) is 5.69 Å². The number of rotatable bonds is 5. The first-order chi connectivity index (χ1) is 14.8. The van der Waals surface area contributed by atoms with Crippen molar-refractivity contribution in [2.45, 2.75) is 32.2 Å². The molecule has 0 aliphatic carbocycles. The van der Waals surface area contributed by atoms with Crippen LogP contribution in [0.2, 0.25) is 5.02 Å². The zero-order chi connectivity index (χ0) is 22.2. The molecule has 0 amide bonds. The number of piperazine rings is 1. The molecule has 4 rings (SSSR count). The molecule has 1 fully saturated rings. The first-order valence-corrected chi connectivity index (χ1v) is 12.1. The number of aryl methyl sites for hydroxylation is 3. The van der Waals surface area contributed by atoms with E-state index in [0.717, 1.165) is 28.3 Å². The Hall–Kier alpha value is -2.03. The van der Waals surface area contributed by atoms with Crippen molar-refractivity contribution in [2.75, 3.05) is 26.2 Å². The van der Waals surface area contributed by atoms with Gasteiger partial charge in [0, 0.05) is 31.6 Å². The van der Waals surface area contributed by atoms with E-state index in [1.54, 1.807) is 13.8 Å². The van der Waals surface area contributed by atoms with Crippen molar-refractivity contribution >= 4 is 22.0 Å². The van der Waals surface area contributed by atoms with Gasteiger partial charge < -0.3 is 9.08 Å². The van der Waals surface area contributed by atoms with Crippen LogP contribution in [0, 0.1) is 20.8 Å². The molecule has 0 bridgehead atoms. The van der Waals surface area contributed by atoms with Gasteiger partial charge in [0.05, 0.1) is 13.1 Å². The van der Waals surface area contributed by atoms with E-state index in [-0.39, 0.29) is 4.90 Å². The average Bonchev–Trinajstić information content (AvgIpc) is 3.10. The van der Waals surface area contributed by atoms with Crippen molar-refractivity contribution in [1.29, 1.82) is 0 Å². The predicted molar refractivity (Wildman–Crippen MR) is 122 cm³/mol. The van der Waals surface area contributed by atoms with Crippen LogP contribution < -0.4 is 0 Å². The normalized spacial score (nSPS) is 17.6. The maximum atomic E-state index is 13.0. The second kappa shape index (κ2) is 8.84. The van der Waals surface area contributed by atoms with Gasteiger partial charge in [0.15, 0.2) is 16.2 Å². The first-order valence-electron chi connectivity index (χ1n) is 10.3. The van der Waals surface area contributed by atoms with Crippen LogP contribution >= 0.6 is 11.6 Å². The predicted octanol–water partition coefficient (Wildman–Crippen LogP) is 4.64. The Labute approximate surface area is 189 Å². The number of hydrogen-bond donors (Lipinski definition) is 0. The summed E-state index contributed by atoms with van der Waals surface area (Å²) in [6.07, 6.45) is 0. The summed E-state index contributed by atoms with van der Waals surface area (Å²) in [7, 11) is -3.60. The Balaban J connectivity index is 1.48. The molecule has 8 heteroatoms. The molecule has 1 aliphatic rings. The Morgan fingerprint density at radius 1 is 1.10 bits per heavy atom. The Kier molecular flexibility index (Phi) is 6.32. The fourth-order valence-electron chi connectivity index (χ4n) is 4.04. The molecular weight excluding hydrogens is 434 g/mol. The standard InChI is InChI=1S/C23H26ClN3O3S/c1-16-8-9-19(14-22(16)24)21-7-5-4-6-20(21)15-26-10-12-27(13-11-26)31(28,29)23-17(2)25-30-18(23)3/h4-9,14H,10-13,15H2,1-3H3. The molecule has 0 spiro atoms. The summed E-state index contributed by atoms with van der Waals surface area (Å²) in [6.45, 7) is 8.23. The van der Waals surface area contributed by atoms with E-state index < -0.39 is 10.4 Å². The summed E-state index contributed by atoms with van der Waals surface area (Å²) in [5.41, 5.74) is 4.90. The third kappa shape index (κ3) is 4.47. The fourth-order valence-corrected chi connectivity index (χ4v) is 5.93. The topological polar surface area (TPSA) is 72.6 Å². The summed E-state index contributed by atoms with van der Waals surface area (Å²) in [5, 5.41) is 4.55. The lowest BCUT2D eigenvalue weighted by molar-refractivity contribution is 0.174.